The van der Waals surface area contributed by atoms with Gasteiger partial charge in [0.05, 0.1) is 26.2 Å². The Morgan fingerprint density at radius 3 is 2.55 bits per heavy atom. The lowest BCUT2D eigenvalue weighted by Gasteiger charge is -2.44. The van der Waals surface area contributed by atoms with E-state index in [0.29, 0.717) is 60.2 Å². The number of benzene rings is 2. The van der Waals surface area contributed by atoms with Crippen LogP contribution in [0.1, 0.15) is 46.3 Å². The van der Waals surface area contributed by atoms with Crippen LogP contribution in [0.3, 0.4) is 0 Å². The average molecular weight is 470 g/mol. The number of hydrogen-bond acceptors (Lipinski definition) is 5. The topological polar surface area (TPSA) is 65.1 Å². The molecule has 2 aliphatic rings. The van der Waals surface area contributed by atoms with Gasteiger partial charge in [-0.2, -0.15) is 0 Å². The predicted octanol–water partition coefficient (Wildman–Crippen LogP) is 5.01. The van der Waals surface area contributed by atoms with Crippen LogP contribution in [0, 0.1) is 13.8 Å². The summed E-state index contributed by atoms with van der Waals surface area (Å²) in [5.41, 5.74) is 2.48. The highest BCUT2D eigenvalue weighted by molar-refractivity contribution is 6.32. The lowest BCUT2D eigenvalue weighted by atomic mass is 9.81. The average Bonchev–Trinajstić information content (AvgIpc) is 2.81. The van der Waals surface area contributed by atoms with Crippen molar-refractivity contribution in [1.82, 2.24) is 4.90 Å². The van der Waals surface area contributed by atoms with E-state index < -0.39 is 5.60 Å². The molecule has 0 atom stereocenters. The standard InChI is InChI=1S/C26H28ClNO5/c1-16-13-22-24(17(2)25(16)27)20(29)15-26(33-22)9-11-28(12-10-26)23(30)8-6-18-5-7-19(31-3)14-21(18)32-4/h5-8,13-14H,9-12,15H2,1-4H3/b8-6+. The molecule has 0 aliphatic carbocycles. The number of fused-ring (bicyclic) bond motifs is 1. The van der Waals surface area contributed by atoms with Crippen molar-refractivity contribution in [2.24, 2.45) is 0 Å². The van der Waals surface area contributed by atoms with E-state index in [0.717, 1.165) is 16.7 Å². The van der Waals surface area contributed by atoms with Crippen molar-refractivity contribution >= 4 is 29.4 Å². The largest absolute Gasteiger partial charge is 0.497 e. The van der Waals surface area contributed by atoms with Crippen LogP contribution in [0.25, 0.3) is 6.08 Å². The molecule has 0 unspecified atom stereocenters. The Labute approximate surface area is 199 Å². The molecule has 2 aliphatic heterocycles. The highest BCUT2D eigenvalue weighted by Crippen LogP contribution is 2.43. The molecule has 0 aromatic heterocycles. The molecule has 33 heavy (non-hydrogen) atoms. The summed E-state index contributed by atoms with van der Waals surface area (Å²) in [4.78, 5) is 27.6. The van der Waals surface area contributed by atoms with Crippen molar-refractivity contribution in [3.8, 4) is 17.2 Å². The zero-order valence-electron chi connectivity index (χ0n) is 19.4. The van der Waals surface area contributed by atoms with Crippen molar-refractivity contribution in [1.29, 1.82) is 0 Å². The van der Waals surface area contributed by atoms with E-state index in [4.69, 9.17) is 25.8 Å². The number of halogens is 1. The summed E-state index contributed by atoms with van der Waals surface area (Å²) in [5.74, 6) is 1.91. The molecule has 6 nitrogen and oxygen atoms in total. The van der Waals surface area contributed by atoms with E-state index in [1.54, 1.807) is 37.3 Å². The number of amides is 1. The molecule has 2 heterocycles. The van der Waals surface area contributed by atoms with Crippen LogP contribution in [0.5, 0.6) is 17.2 Å². The highest BCUT2D eigenvalue weighted by atomic mass is 35.5. The minimum Gasteiger partial charge on any atom is -0.497 e. The minimum absolute atomic E-state index is 0.0573. The van der Waals surface area contributed by atoms with Gasteiger partial charge in [0, 0.05) is 48.7 Å². The molecule has 1 fully saturated rings. The molecular formula is C26H28ClNO5. The number of methoxy groups -OCH3 is 2. The number of carbonyl (C=O) groups is 2. The number of ketones is 1. The number of likely N-dealkylation sites (tertiary alicyclic amines) is 1. The first kappa shape index (κ1) is 23.2. The van der Waals surface area contributed by atoms with Gasteiger partial charge in [0.25, 0.3) is 0 Å². The molecule has 7 heteroatoms. The molecule has 0 bridgehead atoms. The van der Waals surface area contributed by atoms with E-state index >= 15 is 0 Å². The zero-order valence-corrected chi connectivity index (χ0v) is 20.1. The summed E-state index contributed by atoms with van der Waals surface area (Å²) >= 11 is 6.35. The van der Waals surface area contributed by atoms with E-state index in [2.05, 4.69) is 0 Å². The summed E-state index contributed by atoms with van der Waals surface area (Å²) in [6, 6.07) is 7.30. The van der Waals surface area contributed by atoms with Gasteiger partial charge in [-0.05, 0) is 49.2 Å². The van der Waals surface area contributed by atoms with Crippen molar-refractivity contribution < 1.29 is 23.8 Å². The summed E-state index contributed by atoms with van der Waals surface area (Å²) < 4.78 is 17.0. The smallest absolute Gasteiger partial charge is 0.246 e. The van der Waals surface area contributed by atoms with Gasteiger partial charge in [0.2, 0.25) is 5.91 Å². The van der Waals surface area contributed by atoms with Gasteiger partial charge in [-0.25, -0.2) is 0 Å². The molecule has 1 spiro atoms. The zero-order chi connectivity index (χ0) is 23.8. The molecule has 2 aromatic carbocycles. The van der Waals surface area contributed by atoms with E-state index in [1.807, 2.05) is 32.0 Å². The van der Waals surface area contributed by atoms with E-state index in [9.17, 15) is 9.59 Å². The Morgan fingerprint density at radius 2 is 1.88 bits per heavy atom. The Balaban J connectivity index is 1.44. The Bertz CT molecular complexity index is 1130. The molecule has 0 saturated carbocycles. The Kier molecular flexibility index (Phi) is 6.39. The second-order valence-corrected chi connectivity index (χ2v) is 9.04. The number of carbonyl (C=O) groups excluding carboxylic acids is 2. The van der Waals surface area contributed by atoms with Crippen molar-refractivity contribution in [3.05, 3.63) is 57.6 Å². The summed E-state index contributed by atoms with van der Waals surface area (Å²) in [6.07, 6.45) is 4.81. The summed E-state index contributed by atoms with van der Waals surface area (Å²) in [6.45, 7) is 4.82. The predicted molar refractivity (Wildman–Crippen MR) is 128 cm³/mol. The van der Waals surface area contributed by atoms with Crippen LogP contribution in [-0.4, -0.2) is 49.5 Å². The molecule has 174 valence electrons. The second kappa shape index (κ2) is 9.10. The molecule has 0 radical (unpaired) electrons. The monoisotopic (exact) mass is 469 g/mol. The minimum atomic E-state index is -0.573. The fourth-order valence-electron chi connectivity index (χ4n) is 4.64. The lowest BCUT2D eigenvalue weighted by Crippen LogP contribution is -2.52. The summed E-state index contributed by atoms with van der Waals surface area (Å²) in [5, 5.41) is 0.613. The van der Waals surface area contributed by atoms with Crippen molar-refractivity contribution in [2.45, 2.75) is 38.7 Å². The molecule has 2 aromatic rings. The van der Waals surface area contributed by atoms with Crippen molar-refractivity contribution in [3.63, 3.8) is 0 Å². The Hall–Kier alpha value is -2.99. The van der Waals surface area contributed by atoms with E-state index in [1.165, 1.54) is 0 Å². The van der Waals surface area contributed by atoms with Gasteiger partial charge < -0.3 is 19.1 Å². The third-order valence-electron chi connectivity index (χ3n) is 6.56. The van der Waals surface area contributed by atoms with Gasteiger partial charge in [-0.15, -0.1) is 0 Å². The number of piperidine rings is 1. The van der Waals surface area contributed by atoms with Gasteiger partial charge in [0.1, 0.15) is 22.8 Å². The number of hydrogen-bond donors (Lipinski definition) is 0. The van der Waals surface area contributed by atoms with E-state index in [-0.39, 0.29) is 11.7 Å². The molecular weight excluding hydrogens is 442 g/mol. The number of ether oxygens (including phenoxy) is 3. The maximum atomic E-state index is 13.0. The van der Waals surface area contributed by atoms with Gasteiger partial charge in [0.15, 0.2) is 5.78 Å². The van der Waals surface area contributed by atoms with Crippen LogP contribution < -0.4 is 14.2 Å². The molecule has 1 saturated heterocycles. The fourth-order valence-corrected chi connectivity index (χ4v) is 4.78. The fraction of sp³-hybridized carbons (Fsp3) is 0.385. The lowest BCUT2D eigenvalue weighted by molar-refractivity contribution is -0.129. The molecule has 0 N–H and O–H groups in total. The highest BCUT2D eigenvalue weighted by Gasteiger charge is 2.44. The van der Waals surface area contributed by atoms with Gasteiger partial charge in [-0.3, -0.25) is 9.59 Å². The normalized spacial score (nSPS) is 17.1. The first-order valence-electron chi connectivity index (χ1n) is 11.0. The third kappa shape index (κ3) is 4.44. The van der Waals surface area contributed by atoms with Crippen LogP contribution in [0.2, 0.25) is 5.02 Å². The van der Waals surface area contributed by atoms with Crippen LogP contribution in [-0.2, 0) is 4.79 Å². The first-order chi connectivity index (χ1) is 15.8. The SMILES string of the molecule is COc1ccc(/C=C/C(=O)N2CCC3(CC2)CC(=O)c2c(cc(C)c(Cl)c2C)O3)c(OC)c1. The van der Waals surface area contributed by atoms with Gasteiger partial charge >= 0.3 is 0 Å². The molecule has 4 rings (SSSR count). The second-order valence-electron chi connectivity index (χ2n) is 8.66. The molecule has 1 amide bonds. The maximum absolute atomic E-state index is 13.0. The summed E-state index contributed by atoms with van der Waals surface area (Å²) in [7, 11) is 3.18. The number of aryl methyl sites for hydroxylation is 1. The third-order valence-corrected chi connectivity index (χ3v) is 7.15. The van der Waals surface area contributed by atoms with Crippen molar-refractivity contribution in [2.75, 3.05) is 27.3 Å². The van der Waals surface area contributed by atoms with Crippen LogP contribution in [0.15, 0.2) is 30.3 Å². The maximum Gasteiger partial charge on any atom is 0.246 e. The first-order valence-corrected chi connectivity index (χ1v) is 11.4. The number of rotatable bonds is 4. The van der Waals surface area contributed by atoms with Crippen LogP contribution >= 0.6 is 11.6 Å². The van der Waals surface area contributed by atoms with Crippen LogP contribution in [0.4, 0.5) is 0 Å². The van der Waals surface area contributed by atoms with Gasteiger partial charge in [-0.1, -0.05) is 11.6 Å². The quantitative estimate of drug-likeness (QED) is 0.588. The Morgan fingerprint density at radius 1 is 1.15 bits per heavy atom. The number of nitrogens with zero attached hydrogens (tertiary/aromatic N) is 1. The number of Topliss-reactive ketones (excluding diaryl/α,β-unsaturated/α-hetero) is 1.